The van der Waals surface area contributed by atoms with Crippen LogP contribution in [-0.4, -0.2) is 25.6 Å². The fourth-order valence-electron chi connectivity index (χ4n) is 3.74. The summed E-state index contributed by atoms with van der Waals surface area (Å²) in [6.45, 7) is 4.37. The van der Waals surface area contributed by atoms with Crippen LogP contribution in [0.3, 0.4) is 0 Å². The number of hydrogen-bond donors (Lipinski definition) is 1. The van der Waals surface area contributed by atoms with Gasteiger partial charge in [0, 0.05) is 24.1 Å². The van der Waals surface area contributed by atoms with E-state index in [9.17, 15) is 9.59 Å². The number of benzene rings is 1. The average molecular weight is 455 g/mol. The van der Waals surface area contributed by atoms with Gasteiger partial charge in [0.2, 0.25) is 17.1 Å². The Hall–Kier alpha value is -4.53. The number of rotatable bonds is 6. The van der Waals surface area contributed by atoms with Gasteiger partial charge < -0.3 is 18.8 Å². The molecular weight excluding hydrogens is 434 g/mol. The highest BCUT2D eigenvalue weighted by Gasteiger charge is 2.18. The van der Waals surface area contributed by atoms with Crippen molar-refractivity contribution in [1.82, 2.24) is 19.7 Å². The van der Waals surface area contributed by atoms with Gasteiger partial charge in [0.05, 0.1) is 18.1 Å². The van der Waals surface area contributed by atoms with Gasteiger partial charge in [-0.2, -0.15) is 4.98 Å². The van der Waals surface area contributed by atoms with Crippen molar-refractivity contribution in [2.45, 2.75) is 26.8 Å². The second-order valence-corrected chi connectivity index (χ2v) is 7.76. The number of nitrogens with one attached hydrogen (secondary N) is 1. The first-order chi connectivity index (χ1) is 16.5. The largest absolute Gasteiger partial charge is 0.461 e. The van der Waals surface area contributed by atoms with Gasteiger partial charge in [-0.15, -0.1) is 0 Å². The van der Waals surface area contributed by atoms with Crippen LogP contribution in [-0.2, 0) is 13.0 Å². The van der Waals surface area contributed by atoms with Crippen LogP contribution in [0.2, 0.25) is 0 Å². The Kier molecular flexibility index (Phi) is 5.51. The van der Waals surface area contributed by atoms with Gasteiger partial charge in [0.1, 0.15) is 11.2 Å². The lowest BCUT2D eigenvalue weighted by molar-refractivity contribution is 0.102. The minimum Gasteiger partial charge on any atom is -0.461 e. The molecule has 0 aliphatic carbocycles. The van der Waals surface area contributed by atoms with Crippen LogP contribution < -0.4 is 10.7 Å². The number of amides is 1. The number of anilines is 1. The van der Waals surface area contributed by atoms with E-state index < -0.39 is 5.91 Å². The molecule has 0 unspecified atom stereocenters. The molecule has 0 fully saturated rings. The molecule has 9 heteroatoms. The van der Waals surface area contributed by atoms with E-state index in [0.717, 1.165) is 11.3 Å². The molecule has 0 saturated carbocycles. The molecular formula is C25H21N5O4. The molecule has 4 aromatic heterocycles. The summed E-state index contributed by atoms with van der Waals surface area (Å²) in [5.41, 5.74) is 2.37. The second kappa shape index (κ2) is 8.78. The minimum absolute atomic E-state index is 0.0488. The molecule has 0 aliphatic rings. The summed E-state index contributed by atoms with van der Waals surface area (Å²) in [7, 11) is 0. The number of aryl methyl sites for hydroxylation is 2. The number of furan rings is 1. The Balaban J connectivity index is 1.44. The van der Waals surface area contributed by atoms with Crippen LogP contribution in [0.25, 0.3) is 22.6 Å². The zero-order valence-electron chi connectivity index (χ0n) is 18.6. The third-order valence-electron chi connectivity index (χ3n) is 5.46. The van der Waals surface area contributed by atoms with E-state index in [1.54, 1.807) is 47.2 Å². The molecule has 1 N–H and O–H groups in total. The second-order valence-electron chi connectivity index (χ2n) is 7.76. The molecule has 4 heterocycles. The molecule has 0 saturated heterocycles. The average Bonchev–Trinajstić information content (AvgIpc) is 3.53. The summed E-state index contributed by atoms with van der Waals surface area (Å²) in [5, 5.41) is 7.22. The van der Waals surface area contributed by atoms with Crippen LogP contribution >= 0.6 is 0 Å². The zero-order valence-corrected chi connectivity index (χ0v) is 18.6. The first kappa shape index (κ1) is 21.3. The third kappa shape index (κ3) is 3.99. The number of carbonyl (C=O) groups is 1. The van der Waals surface area contributed by atoms with Crippen molar-refractivity contribution < 1.29 is 13.7 Å². The van der Waals surface area contributed by atoms with Crippen LogP contribution in [0.4, 0.5) is 5.69 Å². The van der Waals surface area contributed by atoms with Gasteiger partial charge in [-0.25, -0.2) is 4.98 Å². The maximum Gasteiger partial charge on any atom is 0.261 e. The van der Waals surface area contributed by atoms with E-state index in [0.29, 0.717) is 47.2 Å². The maximum absolute atomic E-state index is 13.2. The first-order valence-electron chi connectivity index (χ1n) is 10.8. The number of aromatic nitrogens is 4. The van der Waals surface area contributed by atoms with Crippen molar-refractivity contribution in [1.29, 1.82) is 0 Å². The highest BCUT2D eigenvalue weighted by atomic mass is 16.5. The van der Waals surface area contributed by atoms with Crippen molar-refractivity contribution in [3.05, 3.63) is 93.9 Å². The monoisotopic (exact) mass is 455 g/mol. The summed E-state index contributed by atoms with van der Waals surface area (Å²) < 4.78 is 12.5. The van der Waals surface area contributed by atoms with Crippen LogP contribution in [0.1, 0.15) is 34.4 Å². The summed E-state index contributed by atoms with van der Waals surface area (Å²) in [4.78, 5) is 35.1. The SMILES string of the molecule is CCn1cc(C(=O)Nc2ccccc2Cc2nc(-c3ccco3)no2)c(=O)c2ccc(C)nc21. The molecule has 9 nitrogen and oxygen atoms in total. The highest BCUT2D eigenvalue weighted by molar-refractivity contribution is 6.06. The van der Waals surface area contributed by atoms with Crippen molar-refractivity contribution in [2.24, 2.45) is 0 Å². The molecule has 5 aromatic rings. The summed E-state index contributed by atoms with van der Waals surface area (Å²) in [6, 6.07) is 14.2. The lowest BCUT2D eigenvalue weighted by atomic mass is 10.1. The predicted molar refractivity (Wildman–Crippen MR) is 126 cm³/mol. The standard InChI is InChI=1S/C25H21N5O4/c1-3-30-14-18(22(31)17-11-10-15(2)26-24(17)30)25(32)27-19-8-5-4-7-16(19)13-21-28-23(29-34-21)20-9-6-12-33-20/h4-12,14H,3,13H2,1-2H3,(H,27,32). The van der Waals surface area contributed by atoms with Crippen LogP contribution in [0.15, 0.2) is 74.7 Å². The van der Waals surface area contributed by atoms with Gasteiger partial charge in [-0.3, -0.25) is 9.59 Å². The van der Waals surface area contributed by atoms with Gasteiger partial charge in [0.25, 0.3) is 5.91 Å². The number of hydrogen-bond acceptors (Lipinski definition) is 7. The Bertz CT molecular complexity index is 1550. The van der Waals surface area contributed by atoms with Crippen molar-refractivity contribution in [3.8, 4) is 11.6 Å². The summed E-state index contributed by atoms with van der Waals surface area (Å²) in [6.07, 6.45) is 3.39. The number of fused-ring (bicyclic) bond motifs is 1. The van der Waals surface area contributed by atoms with E-state index in [-0.39, 0.29) is 11.0 Å². The molecule has 1 aromatic carbocycles. The first-order valence-corrected chi connectivity index (χ1v) is 10.8. The quantitative estimate of drug-likeness (QED) is 0.408. The Morgan fingerprint density at radius 3 is 2.74 bits per heavy atom. The van der Waals surface area contributed by atoms with Crippen LogP contribution in [0, 0.1) is 6.92 Å². The van der Waals surface area contributed by atoms with Gasteiger partial charge in [0.15, 0.2) is 5.76 Å². The smallest absolute Gasteiger partial charge is 0.261 e. The molecule has 170 valence electrons. The topological polar surface area (TPSA) is 116 Å². The van der Waals surface area contributed by atoms with Crippen LogP contribution in [0.5, 0.6) is 0 Å². The highest BCUT2D eigenvalue weighted by Crippen LogP contribution is 2.22. The van der Waals surface area contributed by atoms with Crippen molar-refractivity contribution >= 4 is 22.6 Å². The fraction of sp³-hybridized carbons (Fsp3) is 0.160. The molecule has 0 spiro atoms. The Labute approximate surface area is 194 Å². The fourth-order valence-corrected chi connectivity index (χ4v) is 3.74. The third-order valence-corrected chi connectivity index (χ3v) is 5.46. The molecule has 0 radical (unpaired) electrons. The predicted octanol–water partition coefficient (Wildman–Crippen LogP) is 4.21. The normalized spacial score (nSPS) is 11.1. The van der Waals surface area contributed by atoms with E-state index >= 15 is 0 Å². The summed E-state index contributed by atoms with van der Waals surface area (Å²) >= 11 is 0. The van der Waals surface area contributed by atoms with Gasteiger partial charge in [-0.1, -0.05) is 23.4 Å². The summed E-state index contributed by atoms with van der Waals surface area (Å²) in [5.74, 6) is 0.726. The number of nitrogens with zero attached hydrogens (tertiary/aromatic N) is 4. The van der Waals surface area contributed by atoms with E-state index in [1.165, 1.54) is 6.26 Å². The molecule has 1 amide bonds. The Morgan fingerprint density at radius 2 is 1.94 bits per heavy atom. The van der Waals surface area contributed by atoms with E-state index in [2.05, 4.69) is 20.4 Å². The number of pyridine rings is 2. The molecule has 34 heavy (non-hydrogen) atoms. The lowest BCUT2D eigenvalue weighted by Gasteiger charge is -2.13. The molecule has 0 aliphatic heterocycles. The molecule has 5 rings (SSSR count). The van der Waals surface area contributed by atoms with Gasteiger partial charge >= 0.3 is 0 Å². The number of para-hydroxylation sites is 1. The van der Waals surface area contributed by atoms with Crippen molar-refractivity contribution in [3.63, 3.8) is 0 Å². The minimum atomic E-state index is -0.496. The molecule has 0 bridgehead atoms. The maximum atomic E-state index is 13.2. The van der Waals surface area contributed by atoms with E-state index in [4.69, 9.17) is 8.94 Å². The molecule has 0 atom stereocenters. The lowest BCUT2D eigenvalue weighted by Crippen LogP contribution is -2.24. The number of carbonyl (C=O) groups excluding carboxylic acids is 1. The van der Waals surface area contributed by atoms with Gasteiger partial charge in [-0.05, 0) is 49.7 Å². The van der Waals surface area contributed by atoms with Crippen molar-refractivity contribution in [2.75, 3.05) is 5.32 Å². The zero-order chi connectivity index (χ0) is 23.7. The van der Waals surface area contributed by atoms with E-state index in [1.807, 2.05) is 26.0 Å². The Morgan fingerprint density at radius 1 is 1.09 bits per heavy atom.